The Morgan fingerprint density at radius 2 is 1.85 bits per heavy atom. The molecule has 2 aliphatic rings. The highest BCUT2D eigenvalue weighted by molar-refractivity contribution is 5.95. The van der Waals surface area contributed by atoms with E-state index in [-0.39, 0.29) is 18.7 Å². The highest BCUT2D eigenvalue weighted by atomic mass is 19.1. The second-order valence-electron chi connectivity index (χ2n) is 8.21. The van der Waals surface area contributed by atoms with Gasteiger partial charge >= 0.3 is 18.0 Å². The van der Waals surface area contributed by atoms with Crippen molar-refractivity contribution in [2.45, 2.75) is 33.2 Å². The summed E-state index contributed by atoms with van der Waals surface area (Å²) in [6.07, 6.45) is 0.777. The van der Waals surface area contributed by atoms with Crippen molar-refractivity contribution in [2.75, 3.05) is 52.4 Å². The largest absolute Gasteiger partial charge is 0.463 e. The van der Waals surface area contributed by atoms with Crippen LogP contribution in [0.4, 0.5) is 14.0 Å². The fraction of sp³-hybridized carbons (Fsp3) is 0.542. The number of likely N-dealkylation sites (N-methyl/N-ethyl adjacent to an activating group) is 1. The molecular weight excluding hydrogens is 441 g/mol. The summed E-state index contributed by atoms with van der Waals surface area (Å²) in [6, 6.07) is 4.59. The Labute approximate surface area is 199 Å². The Morgan fingerprint density at radius 1 is 1.12 bits per heavy atom. The number of benzene rings is 1. The number of hydrogen-bond acceptors (Lipinski definition) is 5. The number of esters is 1. The number of carbonyl (C=O) groups excluding carboxylic acids is 3. The maximum absolute atomic E-state index is 13.5. The van der Waals surface area contributed by atoms with Crippen LogP contribution in [0.5, 0.6) is 0 Å². The fourth-order valence-corrected chi connectivity index (χ4v) is 4.37. The van der Waals surface area contributed by atoms with Crippen molar-refractivity contribution in [2.24, 2.45) is 0 Å². The highest BCUT2D eigenvalue weighted by Gasteiger charge is 2.38. The number of urea groups is 2. The number of hydrogen-bond donors (Lipinski definition) is 2. The maximum Gasteiger partial charge on any atom is 0.338 e. The first-order chi connectivity index (χ1) is 16.4. The van der Waals surface area contributed by atoms with Crippen LogP contribution in [0, 0.1) is 5.82 Å². The Kier molecular flexibility index (Phi) is 8.86. The molecular formula is C24H34FN5O4. The van der Waals surface area contributed by atoms with Gasteiger partial charge in [0.1, 0.15) is 5.82 Å². The molecule has 2 N–H and O–H groups in total. The van der Waals surface area contributed by atoms with E-state index in [4.69, 9.17) is 4.74 Å². The lowest BCUT2D eigenvalue weighted by atomic mass is 9.94. The lowest BCUT2D eigenvalue weighted by Gasteiger charge is -2.38. The lowest BCUT2D eigenvalue weighted by Crippen LogP contribution is -2.51. The van der Waals surface area contributed by atoms with Crippen molar-refractivity contribution in [3.05, 3.63) is 46.9 Å². The quantitative estimate of drug-likeness (QED) is 0.591. The molecule has 1 aromatic rings. The normalized spacial score (nSPS) is 19.5. The third-order valence-electron chi connectivity index (χ3n) is 6.03. The topological polar surface area (TPSA) is 94.2 Å². The molecule has 1 atom stereocenters. The average molecular weight is 476 g/mol. The van der Waals surface area contributed by atoms with Crippen molar-refractivity contribution < 1.29 is 23.5 Å². The van der Waals surface area contributed by atoms with Gasteiger partial charge < -0.3 is 20.3 Å². The van der Waals surface area contributed by atoms with E-state index < -0.39 is 17.8 Å². The van der Waals surface area contributed by atoms with E-state index in [0.29, 0.717) is 56.1 Å². The van der Waals surface area contributed by atoms with Gasteiger partial charge in [0.05, 0.1) is 18.2 Å². The van der Waals surface area contributed by atoms with Crippen molar-refractivity contribution in [3.63, 3.8) is 0 Å². The third-order valence-corrected chi connectivity index (χ3v) is 6.03. The molecule has 34 heavy (non-hydrogen) atoms. The van der Waals surface area contributed by atoms with Gasteiger partial charge in [-0.15, -0.1) is 0 Å². The first-order valence-corrected chi connectivity index (χ1v) is 11.9. The van der Waals surface area contributed by atoms with Crippen LogP contribution in [-0.2, 0) is 9.53 Å². The van der Waals surface area contributed by atoms with E-state index in [1.165, 1.54) is 12.1 Å². The van der Waals surface area contributed by atoms with Crippen LogP contribution in [0.25, 0.3) is 0 Å². The summed E-state index contributed by atoms with van der Waals surface area (Å²) in [7, 11) is 0. The van der Waals surface area contributed by atoms with Gasteiger partial charge in [-0.1, -0.05) is 12.1 Å². The van der Waals surface area contributed by atoms with Gasteiger partial charge in [0.25, 0.3) is 0 Å². The molecule has 1 aromatic carbocycles. The lowest BCUT2D eigenvalue weighted by molar-refractivity contribution is -0.139. The zero-order valence-corrected chi connectivity index (χ0v) is 20.1. The number of halogens is 1. The summed E-state index contributed by atoms with van der Waals surface area (Å²) in [5, 5.41) is 5.72. The van der Waals surface area contributed by atoms with Crippen LogP contribution >= 0.6 is 0 Å². The van der Waals surface area contributed by atoms with E-state index in [2.05, 4.69) is 15.5 Å². The molecule has 2 aliphatic heterocycles. The van der Waals surface area contributed by atoms with E-state index in [0.717, 1.165) is 13.0 Å². The minimum atomic E-state index is -0.747. The van der Waals surface area contributed by atoms with Gasteiger partial charge in [0.15, 0.2) is 0 Å². The van der Waals surface area contributed by atoms with Crippen LogP contribution in [0.15, 0.2) is 35.5 Å². The molecule has 186 valence electrons. The molecule has 0 bridgehead atoms. The molecule has 2 heterocycles. The summed E-state index contributed by atoms with van der Waals surface area (Å²) in [4.78, 5) is 43.9. The Morgan fingerprint density at radius 3 is 2.50 bits per heavy atom. The van der Waals surface area contributed by atoms with Gasteiger partial charge in [-0.2, -0.15) is 0 Å². The predicted molar refractivity (Wildman–Crippen MR) is 125 cm³/mol. The number of nitrogens with one attached hydrogen (secondary N) is 2. The van der Waals surface area contributed by atoms with Crippen LogP contribution in [0.2, 0.25) is 0 Å². The van der Waals surface area contributed by atoms with E-state index >= 15 is 0 Å². The number of nitrogens with zero attached hydrogens (tertiary/aromatic N) is 3. The molecule has 4 amide bonds. The number of ether oxygens (including phenoxy) is 1. The first-order valence-electron chi connectivity index (χ1n) is 11.9. The monoisotopic (exact) mass is 475 g/mol. The minimum absolute atomic E-state index is 0.0839. The Balaban J connectivity index is 1.95. The standard InChI is InChI=1S/C24H34FN5O4/c1-4-26-23(32)29-13-7-12-28(14-15-29)16-19-20(22(31)34-6-3)21(27-24(33)30(19)5-2)17-8-10-18(25)11-9-17/h8-11,21H,4-7,12-16H2,1-3H3,(H,26,32)(H,27,33). The Bertz CT molecular complexity index is 920. The van der Waals surface area contributed by atoms with Crippen molar-refractivity contribution in [1.82, 2.24) is 25.3 Å². The molecule has 1 unspecified atom stereocenters. The van der Waals surface area contributed by atoms with Crippen LogP contribution in [-0.4, -0.2) is 85.2 Å². The average Bonchev–Trinajstić information content (AvgIpc) is 3.05. The molecule has 1 fully saturated rings. The molecule has 1 saturated heterocycles. The van der Waals surface area contributed by atoms with E-state index in [9.17, 15) is 18.8 Å². The highest BCUT2D eigenvalue weighted by Crippen LogP contribution is 2.32. The summed E-state index contributed by atoms with van der Waals surface area (Å²) < 4.78 is 18.9. The van der Waals surface area contributed by atoms with Crippen LogP contribution in [0.1, 0.15) is 38.8 Å². The van der Waals surface area contributed by atoms with E-state index in [1.807, 2.05) is 13.8 Å². The van der Waals surface area contributed by atoms with Gasteiger partial charge in [-0.05, 0) is 44.9 Å². The van der Waals surface area contributed by atoms with E-state index in [1.54, 1.807) is 28.9 Å². The second kappa shape index (κ2) is 11.8. The molecule has 0 spiro atoms. The van der Waals surface area contributed by atoms with Crippen LogP contribution in [0.3, 0.4) is 0 Å². The van der Waals surface area contributed by atoms with Crippen molar-refractivity contribution in [1.29, 1.82) is 0 Å². The zero-order valence-electron chi connectivity index (χ0n) is 20.1. The minimum Gasteiger partial charge on any atom is -0.463 e. The first kappa shape index (κ1) is 25.5. The summed E-state index contributed by atoms with van der Waals surface area (Å²) in [6.45, 7) is 9.47. The third kappa shape index (κ3) is 5.85. The molecule has 0 aliphatic carbocycles. The summed E-state index contributed by atoms with van der Waals surface area (Å²) >= 11 is 0. The summed E-state index contributed by atoms with van der Waals surface area (Å²) in [5.41, 5.74) is 1.52. The van der Waals surface area contributed by atoms with Crippen molar-refractivity contribution >= 4 is 18.0 Å². The molecule has 0 aromatic heterocycles. The fourth-order valence-electron chi connectivity index (χ4n) is 4.37. The predicted octanol–water partition coefficient (Wildman–Crippen LogP) is 2.47. The smallest absolute Gasteiger partial charge is 0.338 e. The molecule has 0 saturated carbocycles. The van der Waals surface area contributed by atoms with Gasteiger partial charge in [-0.3, -0.25) is 9.80 Å². The molecule has 0 radical (unpaired) electrons. The zero-order chi connectivity index (χ0) is 24.7. The number of carbonyl (C=O) groups is 3. The number of amides is 4. The Hall–Kier alpha value is -3.14. The summed E-state index contributed by atoms with van der Waals surface area (Å²) in [5.74, 6) is -0.909. The SMILES string of the molecule is CCNC(=O)N1CCCN(CC2=C(C(=O)OCC)C(c3ccc(F)cc3)NC(=O)N2CC)CC1. The van der Waals surface area contributed by atoms with Gasteiger partial charge in [0, 0.05) is 51.5 Å². The molecule has 9 nitrogen and oxygen atoms in total. The molecule has 3 rings (SSSR count). The van der Waals surface area contributed by atoms with Gasteiger partial charge in [0.2, 0.25) is 0 Å². The van der Waals surface area contributed by atoms with Crippen LogP contribution < -0.4 is 10.6 Å². The van der Waals surface area contributed by atoms with Gasteiger partial charge in [-0.25, -0.2) is 18.8 Å². The second-order valence-corrected chi connectivity index (χ2v) is 8.21. The molecule has 10 heteroatoms. The van der Waals surface area contributed by atoms with Crippen molar-refractivity contribution in [3.8, 4) is 0 Å². The number of rotatable bonds is 7. The maximum atomic E-state index is 13.5.